The summed E-state index contributed by atoms with van der Waals surface area (Å²) >= 11 is 1.28. The summed E-state index contributed by atoms with van der Waals surface area (Å²) in [6.07, 6.45) is 0. The summed E-state index contributed by atoms with van der Waals surface area (Å²) in [6.45, 7) is 0. The highest BCUT2D eigenvalue weighted by atomic mass is 32.1. The third-order valence-corrected chi connectivity index (χ3v) is 3.75. The Balaban J connectivity index is 2.32. The van der Waals surface area contributed by atoms with E-state index >= 15 is 0 Å². The lowest BCUT2D eigenvalue weighted by Crippen LogP contribution is -2.12. The van der Waals surface area contributed by atoms with E-state index in [0.717, 1.165) is 0 Å². The van der Waals surface area contributed by atoms with E-state index in [1.54, 1.807) is 23.6 Å². The number of benzene rings is 1. The number of methoxy groups -OCH3 is 3. The normalized spacial score (nSPS) is 10.0. The number of nitrogens with one attached hydrogen (secondary N) is 1. The molecule has 0 aliphatic carbocycles. The molecule has 0 saturated carbocycles. The molecule has 1 aromatic carbocycles. The molecule has 112 valence electrons. The Morgan fingerprint density at radius 3 is 2.19 bits per heavy atom. The predicted octanol–water partition coefficient (Wildman–Crippen LogP) is 2.61. The van der Waals surface area contributed by atoms with Crippen molar-refractivity contribution in [2.75, 3.05) is 32.4 Å². The smallest absolute Gasteiger partial charge is 0.267 e. The van der Waals surface area contributed by atoms with Crippen LogP contribution in [0, 0.1) is 0 Å². The summed E-state index contributed by atoms with van der Waals surface area (Å²) in [5.41, 5.74) is 6.71. The van der Waals surface area contributed by atoms with Gasteiger partial charge in [0, 0.05) is 17.8 Å². The molecule has 1 heterocycles. The van der Waals surface area contributed by atoms with E-state index in [-0.39, 0.29) is 5.91 Å². The van der Waals surface area contributed by atoms with Gasteiger partial charge in [-0.3, -0.25) is 4.79 Å². The molecule has 0 fully saturated rings. The number of rotatable bonds is 5. The number of amides is 1. The molecule has 0 radical (unpaired) electrons. The first-order valence-corrected chi connectivity index (χ1v) is 6.93. The monoisotopic (exact) mass is 308 g/mol. The molecule has 2 rings (SSSR count). The summed E-state index contributed by atoms with van der Waals surface area (Å²) in [6, 6.07) is 5.00. The molecule has 0 aliphatic heterocycles. The van der Waals surface area contributed by atoms with E-state index in [0.29, 0.717) is 33.5 Å². The Morgan fingerprint density at radius 2 is 1.76 bits per heavy atom. The van der Waals surface area contributed by atoms with Crippen molar-refractivity contribution >= 4 is 28.6 Å². The molecule has 0 bridgehead atoms. The van der Waals surface area contributed by atoms with Crippen LogP contribution in [0.25, 0.3) is 0 Å². The first-order chi connectivity index (χ1) is 10.1. The lowest BCUT2D eigenvalue weighted by molar-refractivity contribution is 0.103. The second-order valence-corrected chi connectivity index (χ2v) is 4.99. The van der Waals surface area contributed by atoms with E-state index in [4.69, 9.17) is 19.9 Å². The molecule has 7 heteroatoms. The third-order valence-electron chi connectivity index (χ3n) is 2.82. The molecule has 0 aliphatic rings. The van der Waals surface area contributed by atoms with Crippen molar-refractivity contribution in [1.82, 2.24) is 0 Å². The van der Waals surface area contributed by atoms with Crippen molar-refractivity contribution < 1.29 is 19.0 Å². The molecule has 2 aromatic rings. The number of hydrogen-bond acceptors (Lipinski definition) is 6. The van der Waals surface area contributed by atoms with Gasteiger partial charge in [-0.2, -0.15) is 0 Å². The summed E-state index contributed by atoms with van der Waals surface area (Å²) in [5.74, 6) is 1.11. The summed E-state index contributed by atoms with van der Waals surface area (Å²) < 4.78 is 15.7. The minimum atomic E-state index is -0.281. The van der Waals surface area contributed by atoms with Gasteiger partial charge in [0.15, 0.2) is 11.5 Å². The average molecular weight is 308 g/mol. The van der Waals surface area contributed by atoms with Gasteiger partial charge in [-0.05, 0) is 11.4 Å². The average Bonchev–Trinajstić information content (AvgIpc) is 2.92. The zero-order valence-electron chi connectivity index (χ0n) is 11.9. The number of nitrogens with two attached hydrogens (primary N) is 1. The lowest BCUT2D eigenvalue weighted by atomic mass is 10.2. The number of ether oxygens (including phenoxy) is 3. The van der Waals surface area contributed by atoms with E-state index in [9.17, 15) is 4.79 Å². The van der Waals surface area contributed by atoms with Crippen molar-refractivity contribution in [2.45, 2.75) is 0 Å². The zero-order chi connectivity index (χ0) is 15.4. The third kappa shape index (κ3) is 3.03. The molecule has 0 atom stereocenters. The molecule has 21 heavy (non-hydrogen) atoms. The van der Waals surface area contributed by atoms with E-state index in [2.05, 4.69) is 5.32 Å². The fraction of sp³-hybridized carbons (Fsp3) is 0.214. The fourth-order valence-electron chi connectivity index (χ4n) is 1.84. The van der Waals surface area contributed by atoms with Gasteiger partial charge in [0.05, 0.1) is 27.0 Å². The minimum Gasteiger partial charge on any atom is -0.493 e. The summed E-state index contributed by atoms with van der Waals surface area (Å²) in [5, 5.41) is 4.53. The van der Waals surface area contributed by atoms with Crippen LogP contribution in [0.4, 0.5) is 11.4 Å². The highest BCUT2D eigenvalue weighted by molar-refractivity contribution is 7.12. The van der Waals surface area contributed by atoms with Gasteiger partial charge in [-0.15, -0.1) is 11.3 Å². The number of anilines is 2. The molecular formula is C14H16N2O4S. The molecule has 3 N–H and O–H groups in total. The molecule has 0 saturated heterocycles. The second kappa shape index (κ2) is 6.36. The number of hydrogen-bond donors (Lipinski definition) is 2. The number of nitrogen functional groups attached to an aromatic ring is 1. The van der Waals surface area contributed by atoms with Crippen LogP contribution in [0.15, 0.2) is 23.6 Å². The number of carbonyl (C=O) groups is 1. The van der Waals surface area contributed by atoms with Crippen LogP contribution in [0.1, 0.15) is 9.67 Å². The Hall–Kier alpha value is -2.41. The topological polar surface area (TPSA) is 82.8 Å². The Morgan fingerprint density at radius 1 is 1.14 bits per heavy atom. The molecule has 0 unspecified atom stereocenters. The SMILES string of the molecule is COc1cc(NC(=O)c2sccc2N)cc(OC)c1OC. The van der Waals surface area contributed by atoms with Crippen LogP contribution in [0.5, 0.6) is 17.2 Å². The maximum absolute atomic E-state index is 12.2. The van der Waals surface area contributed by atoms with Crippen LogP contribution < -0.4 is 25.3 Å². The standard InChI is InChI=1S/C14H16N2O4S/c1-18-10-6-8(7-11(19-2)12(10)20-3)16-14(17)13-9(15)4-5-21-13/h4-7H,15H2,1-3H3,(H,16,17). The van der Waals surface area contributed by atoms with E-state index < -0.39 is 0 Å². The van der Waals surface area contributed by atoms with Crippen LogP contribution >= 0.6 is 11.3 Å². The van der Waals surface area contributed by atoms with Crippen LogP contribution in [-0.4, -0.2) is 27.2 Å². The number of carbonyl (C=O) groups excluding carboxylic acids is 1. The molecular weight excluding hydrogens is 292 g/mol. The zero-order valence-corrected chi connectivity index (χ0v) is 12.7. The van der Waals surface area contributed by atoms with Crippen molar-refractivity contribution in [3.8, 4) is 17.2 Å². The number of thiophene rings is 1. The molecule has 0 spiro atoms. The van der Waals surface area contributed by atoms with Crippen molar-refractivity contribution in [1.29, 1.82) is 0 Å². The van der Waals surface area contributed by atoms with Gasteiger partial charge in [0.2, 0.25) is 5.75 Å². The van der Waals surface area contributed by atoms with Crippen LogP contribution in [0.2, 0.25) is 0 Å². The largest absolute Gasteiger partial charge is 0.493 e. The fourth-order valence-corrected chi connectivity index (χ4v) is 2.56. The van der Waals surface area contributed by atoms with Crippen LogP contribution in [0.3, 0.4) is 0 Å². The van der Waals surface area contributed by atoms with Crippen molar-refractivity contribution in [3.63, 3.8) is 0 Å². The highest BCUT2D eigenvalue weighted by Crippen LogP contribution is 2.40. The first-order valence-electron chi connectivity index (χ1n) is 6.05. The minimum absolute atomic E-state index is 0.281. The van der Waals surface area contributed by atoms with Crippen LogP contribution in [-0.2, 0) is 0 Å². The Bertz CT molecular complexity index is 629. The second-order valence-electron chi connectivity index (χ2n) is 4.07. The van der Waals surface area contributed by atoms with Gasteiger partial charge < -0.3 is 25.3 Å². The molecule has 1 amide bonds. The van der Waals surface area contributed by atoms with Gasteiger partial charge in [0.25, 0.3) is 5.91 Å². The highest BCUT2D eigenvalue weighted by Gasteiger charge is 2.16. The van der Waals surface area contributed by atoms with Crippen molar-refractivity contribution in [3.05, 3.63) is 28.5 Å². The Labute approximate surface area is 126 Å². The van der Waals surface area contributed by atoms with Gasteiger partial charge >= 0.3 is 0 Å². The molecule has 1 aromatic heterocycles. The quantitative estimate of drug-likeness (QED) is 0.887. The Kier molecular flexibility index (Phi) is 4.54. The first kappa shape index (κ1) is 15.0. The summed E-state index contributed by atoms with van der Waals surface area (Å²) in [7, 11) is 4.55. The van der Waals surface area contributed by atoms with Gasteiger partial charge in [0.1, 0.15) is 4.88 Å². The lowest BCUT2D eigenvalue weighted by Gasteiger charge is -2.14. The van der Waals surface area contributed by atoms with E-state index in [1.165, 1.54) is 32.7 Å². The van der Waals surface area contributed by atoms with Gasteiger partial charge in [-0.1, -0.05) is 0 Å². The van der Waals surface area contributed by atoms with E-state index in [1.807, 2.05) is 0 Å². The van der Waals surface area contributed by atoms with Gasteiger partial charge in [-0.25, -0.2) is 0 Å². The molecule has 6 nitrogen and oxygen atoms in total. The van der Waals surface area contributed by atoms with Crippen molar-refractivity contribution in [2.24, 2.45) is 0 Å². The maximum Gasteiger partial charge on any atom is 0.267 e. The maximum atomic E-state index is 12.2. The summed E-state index contributed by atoms with van der Waals surface area (Å²) in [4.78, 5) is 12.6. The predicted molar refractivity (Wildman–Crippen MR) is 82.8 cm³/mol.